The average molecular weight is 553 g/mol. The first-order valence-corrected chi connectivity index (χ1v) is 15.1. The first kappa shape index (κ1) is 28.6. The molecule has 0 bridgehead atoms. The zero-order chi connectivity index (χ0) is 27.5. The molecule has 1 aromatic rings. The lowest BCUT2D eigenvalue weighted by Gasteiger charge is -2.34. The Morgan fingerprint density at radius 2 is 1.89 bits per heavy atom. The zero-order valence-corrected chi connectivity index (χ0v) is 23.0. The van der Waals surface area contributed by atoms with E-state index in [4.69, 9.17) is 4.99 Å². The lowest BCUT2D eigenvalue weighted by Crippen LogP contribution is -2.51. The van der Waals surface area contributed by atoms with Gasteiger partial charge in [-0.3, -0.25) is 14.6 Å². The number of rotatable bonds is 9. The molecule has 1 aromatic carbocycles. The topological polar surface area (TPSA) is 108 Å². The molecule has 2 aliphatic heterocycles. The summed E-state index contributed by atoms with van der Waals surface area (Å²) in [6.45, 7) is 3.82. The maximum atomic E-state index is 13.1. The number of piperidine rings is 1. The van der Waals surface area contributed by atoms with Crippen LogP contribution < -0.4 is 10.6 Å². The van der Waals surface area contributed by atoms with Gasteiger partial charge in [0.1, 0.15) is 11.4 Å². The molecular weight excluding hydrogens is 514 g/mol. The maximum absolute atomic E-state index is 13.1. The fourth-order valence-electron chi connectivity index (χ4n) is 5.92. The van der Waals surface area contributed by atoms with Crippen molar-refractivity contribution in [3.63, 3.8) is 0 Å². The number of aliphatic imine (C=N–C) groups is 1. The number of alkyl halides is 2. The lowest BCUT2D eigenvalue weighted by atomic mass is 9.79. The summed E-state index contributed by atoms with van der Waals surface area (Å²) in [5.74, 6) is 0.777. The summed E-state index contributed by atoms with van der Waals surface area (Å²) in [7, 11) is -3.51. The minimum atomic E-state index is -3.51. The van der Waals surface area contributed by atoms with Gasteiger partial charge in [-0.1, -0.05) is 6.07 Å². The predicted molar refractivity (Wildman–Crippen MR) is 143 cm³/mol. The van der Waals surface area contributed by atoms with Crippen molar-refractivity contribution in [3.05, 3.63) is 29.3 Å². The number of carbonyl (C=O) groups is 2. The fourth-order valence-corrected chi connectivity index (χ4v) is 7.40. The van der Waals surface area contributed by atoms with Crippen molar-refractivity contribution in [1.29, 1.82) is 0 Å². The smallest absolute Gasteiger partial charge is 0.253 e. The van der Waals surface area contributed by atoms with Crippen LogP contribution >= 0.6 is 0 Å². The van der Waals surface area contributed by atoms with E-state index in [1.807, 2.05) is 19.1 Å². The van der Waals surface area contributed by atoms with E-state index in [9.17, 15) is 26.8 Å². The summed E-state index contributed by atoms with van der Waals surface area (Å²) in [5, 5.41) is 5.69. The Kier molecular flexibility index (Phi) is 8.86. The second-order valence-electron chi connectivity index (χ2n) is 11.0. The summed E-state index contributed by atoms with van der Waals surface area (Å²) in [6.07, 6.45) is 2.65. The van der Waals surface area contributed by atoms with E-state index >= 15 is 0 Å². The van der Waals surface area contributed by atoms with Gasteiger partial charge in [0.15, 0.2) is 0 Å². The highest BCUT2D eigenvalue weighted by atomic mass is 32.2. The maximum Gasteiger partial charge on any atom is 0.253 e. The van der Waals surface area contributed by atoms with Crippen LogP contribution in [0.15, 0.2) is 23.2 Å². The van der Waals surface area contributed by atoms with E-state index in [2.05, 4.69) is 10.6 Å². The molecule has 1 spiro atoms. The van der Waals surface area contributed by atoms with Gasteiger partial charge in [0.05, 0.1) is 5.75 Å². The first-order valence-electron chi connectivity index (χ1n) is 13.5. The number of amides is 2. The Bertz CT molecular complexity index is 1170. The van der Waals surface area contributed by atoms with E-state index in [0.29, 0.717) is 43.1 Å². The highest BCUT2D eigenvalue weighted by Gasteiger charge is 2.48. The molecule has 0 unspecified atom stereocenters. The molecule has 2 fully saturated rings. The summed E-state index contributed by atoms with van der Waals surface area (Å²) < 4.78 is 52.7. The molecule has 0 radical (unpaired) electrons. The summed E-state index contributed by atoms with van der Waals surface area (Å²) in [4.78, 5) is 29.0. The standard InChI is InChI=1S/C27H38F2N4O4S/c1-18-17-23(30-19(2)34)9-8-21(18)11-16-38(36,37)33-14-12-27(13-15-33)26(35)31-25(32-27)22-6-3-20(4-7-22)5-10-24(28)29/h8-9,17,20,22,24H,3-7,10-16H2,1-2H3,(H,30,34)(H,31,32,35). The van der Waals surface area contributed by atoms with E-state index in [0.717, 1.165) is 36.8 Å². The van der Waals surface area contributed by atoms with Crippen LogP contribution in [0.2, 0.25) is 0 Å². The first-order chi connectivity index (χ1) is 18.0. The molecule has 38 heavy (non-hydrogen) atoms. The van der Waals surface area contributed by atoms with Crippen LogP contribution in [-0.4, -0.2) is 61.2 Å². The fraction of sp³-hybridized carbons (Fsp3) is 0.667. The van der Waals surface area contributed by atoms with Gasteiger partial charge in [0.2, 0.25) is 22.4 Å². The molecule has 2 amide bonds. The second kappa shape index (κ2) is 11.8. The van der Waals surface area contributed by atoms with Crippen molar-refractivity contribution in [1.82, 2.24) is 9.62 Å². The summed E-state index contributed by atoms with van der Waals surface area (Å²) in [5.41, 5.74) is 1.59. The number of halogens is 2. The second-order valence-corrected chi connectivity index (χ2v) is 13.0. The predicted octanol–water partition coefficient (Wildman–Crippen LogP) is 4.04. The quantitative estimate of drug-likeness (QED) is 0.482. The van der Waals surface area contributed by atoms with Gasteiger partial charge in [0, 0.05) is 38.0 Å². The summed E-state index contributed by atoms with van der Waals surface area (Å²) >= 11 is 0. The van der Waals surface area contributed by atoms with Gasteiger partial charge in [0.25, 0.3) is 5.91 Å². The van der Waals surface area contributed by atoms with Crippen molar-refractivity contribution < 1.29 is 26.8 Å². The number of amidine groups is 1. The number of nitrogens with zero attached hydrogens (tertiary/aromatic N) is 2. The molecule has 1 saturated heterocycles. The molecule has 4 rings (SSSR count). The molecule has 0 atom stereocenters. The van der Waals surface area contributed by atoms with Gasteiger partial charge >= 0.3 is 0 Å². The molecule has 8 nitrogen and oxygen atoms in total. The van der Waals surface area contributed by atoms with Crippen LogP contribution in [0.4, 0.5) is 14.5 Å². The Balaban J connectivity index is 1.30. The molecule has 1 saturated carbocycles. The molecule has 210 valence electrons. The van der Waals surface area contributed by atoms with Crippen LogP contribution in [-0.2, 0) is 26.0 Å². The molecule has 2 heterocycles. The third kappa shape index (κ3) is 6.77. The van der Waals surface area contributed by atoms with Gasteiger partial charge in [-0.15, -0.1) is 0 Å². The number of sulfonamides is 1. The Morgan fingerprint density at radius 3 is 2.50 bits per heavy atom. The minimum absolute atomic E-state index is 0.0319. The van der Waals surface area contributed by atoms with Crippen molar-refractivity contribution in [3.8, 4) is 0 Å². The van der Waals surface area contributed by atoms with Crippen LogP contribution in [0.5, 0.6) is 0 Å². The normalized spacial score (nSPS) is 23.9. The van der Waals surface area contributed by atoms with E-state index < -0.39 is 22.0 Å². The van der Waals surface area contributed by atoms with Gasteiger partial charge < -0.3 is 10.6 Å². The number of hydrogen-bond acceptors (Lipinski definition) is 5. The SMILES string of the molecule is CC(=O)Nc1ccc(CCS(=O)(=O)N2CCC3(CC2)N=C(C2CCC(CCC(F)F)CC2)NC3=O)c(C)c1. The molecule has 1 aliphatic carbocycles. The molecule has 0 aromatic heterocycles. The minimum Gasteiger partial charge on any atom is -0.326 e. The third-order valence-corrected chi connectivity index (χ3v) is 10.1. The van der Waals surface area contributed by atoms with Gasteiger partial charge in [-0.2, -0.15) is 0 Å². The number of anilines is 1. The number of aryl methyl sites for hydroxylation is 2. The van der Waals surface area contributed by atoms with E-state index in [1.165, 1.54) is 11.2 Å². The monoisotopic (exact) mass is 552 g/mol. The van der Waals surface area contributed by atoms with Crippen molar-refractivity contribution >= 4 is 33.4 Å². The van der Waals surface area contributed by atoms with Crippen LogP contribution in [0.3, 0.4) is 0 Å². The van der Waals surface area contributed by atoms with Crippen molar-refractivity contribution in [2.24, 2.45) is 16.8 Å². The van der Waals surface area contributed by atoms with Crippen LogP contribution in [0, 0.1) is 18.8 Å². The Hall–Kier alpha value is -2.40. The molecular formula is C27H38F2N4O4S. The number of carbonyl (C=O) groups excluding carboxylic acids is 2. The Morgan fingerprint density at radius 1 is 1.21 bits per heavy atom. The van der Waals surface area contributed by atoms with E-state index in [-0.39, 0.29) is 43.0 Å². The van der Waals surface area contributed by atoms with Crippen molar-refractivity contribution in [2.45, 2.75) is 83.6 Å². The van der Waals surface area contributed by atoms with Crippen LogP contribution in [0.1, 0.15) is 69.4 Å². The largest absolute Gasteiger partial charge is 0.326 e. The third-order valence-electron chi connectivity index (χ3n) is 8.26. The van der Waals surface area contributed by atoms with Crippen molar-refractivity contribution in [2.75, 3.05) is 24.2 Å². The number of nitrogens with one attached hydrogen (secondary N) is 2. The average Bonchev–Trinajstić information content (AvgIpc) is 3.17. The van der Waals surface area contributed by atoms with Crippen LogP contribution in [0.25, 0.3) is 0 Å². The lowest BCUT2D eigenvalue weighted by molar-refractivity contribution is -0.125. The highest BCUT2D eigenvalue weighted by Crippen LogP contribution is 2.37. The van der Waals surface area contributed by atoms with Gasteiger partial charge in [-0.25, -0.2) is 21.5 Å². The molecule has 2 N–H and O–H groups in total. The zero-order valence-electron chi connectivity index (χ0n) is 22.1. The van der Waals surface area contributed by atoms with Gasteiger partial charge in [-0.05, 0) is 87.5 Å². The number of benzene rings is 1. The van der Waals surface area contributed by atoms with E-state index in [1.54, 1.807) is 6.07 Å². The molecule has 11 heteroatoms. The number of hydrogen-bond donors (Lipinski definition) is 2. The highest BCUT2D eigenvalue weighted by molar-refractivity contribution is 7.89. The molecule has 3 aliphatic rings. The Labute approximate surface area is 223 Å². The summed E-state index contributed by atoms with van der Waals surface area (Å²) in [6, 6.07) is 5.44.